The molecule has 1 N–H and O–H groups in total. The minimum Gasteiger partial charge on any atom is -0.395 e. The molecule has 0 spiro atoms. The fraction of sp³-hybridized carbons (Fsp3) is 0.444. The van der Waals surface area contributed by atoms with Crippen molar-refractivity contribution in [1.82, 2.24) is 9.47 Å². The molecule has 0 aromatic carbocycles. The quantitative estimate of drug-likeness (QED) is 0.720. The number of nitrogens with zero attached hydrogens (tertiary/aromatic N) is 2. The highest BCUT2D eigenvalue weighted by Crippen LogP contribution is 2.02. The Bertz CT molecular complexity index is 294. The van der Waals surface area contributed by atoms with Gasteiger partial charge in [0.05, 0.1) is 6.61 Å². The average molecular weight is 182 g/mol. The number of likely N-dealkylation sites (N-methyl/N-ethyl adjacent to an activating group) is 1. The molecule has 0 saturated heterocycles. The van der Waals surface area contributed by atoms with Gasteiger partial charge >= 0.3 is 0 Å². The molecule has 4 nitrogen and oxygen atoms in total. The first-order chi connectivity index (χ1) is 6.16. The molecule has 1 rings (SSSR count). The van der Waals surface area contributed by atoms with Gasteiger partial charge in [-0.2, -0.15) is 0 Å². The third-order valence-electron chi connectivity index (χ3n) is 1.94. The van der Waals surface area contributed by atoms with E-state index in [-0.39, 0.29) is 12.5 Å². The van der Waals surface area contributed by atoms with Crippen molar-refractivity contribution in [2.45, 2.75) is 0 Å². The lowest BCUT2D eigenvalue weighted by Gasteiger charge is -2.15. The zero-order chi connectivity index (χ0) is 9.84. The van der Waals surface area contributed by atoms with Gasteiger partial charge in [-0.3, -0.25) is 4.79 Å². The average Bonchev–Trinajstić information content (AvgIpc) is 2.50. The number of hydrogen-bond acceptors (Lipinski definition) is 2. The Morgan fingerprint density at radius 1 is 1.69 bits per heavy atom. The third-order valence-corrected chi connectivity index (χ3v) is 1.94. The lowest BCUT2D eigenvalue weighted by Crippen LogP contribution is -2.30. The van der Waals surface area contributed by atoms with E-state index in [0.29, 0.717) is 12.2 Å². The minimum absolute atomic E-state index is 0.00728. The maximum Gasteiger partial charge on any atom is 0.270 e. The molecule has 1 aromatic rings. The van der Waals surface area contributed by atoms with Crippen molar-refractivity contribution in [2.75, 3.05) is 20.2 Å². The molecule has 0 aliphatic rings. The number of carbonyl (C=O) groups is 1. The lowest BCUT2D eigenvalue weighted by molar-refractivity contribution is 0.0757. The van der Waals surface area contributed by atoms with Crippen LogP contribution in [0.4, 0.5) is 0 Å². The fourth-order valence-corrected chi connectivity index (χ4v) is 1.13. The number of carbonyl (C=O) groups excluding carboxylic acids is 1. The third kappa shape index (κ3) is 2.09. The van der Waals surface area contributed by atoms with E-state index in [4.69, 9.17) is 5.11 Å². The van der Waals surface area contributed by atoms with Gasteiger partial charge in [0.2, 0.25) is 0 Å². The molecule has 1 aromatic heterocycles. The molecule has 1 heterocycles. The van der Waals surface area contributed by atoms with Gasteiger partial charge in [0, 0.05) is 26.8 Å². The van der Waals surface area contributed by atoms with Crippen molar-refractivity contribution < 1.29 is 9.90 Å². The monoisotopic (exact) mass is 182 g/mol. The summed E-state index contributed by atoms with van der Waals surface area (Å²) in [7, 11) is 3.49. The summed E-state index contributed by atoms with van der Waals surface area (Å²) in [6.45, 7) is 0.358. The molecule has 0 aliphatic carbocycles. The van der Waals surface area contributed by atoms with Crippen LogP contribution < -0.4 is 0 Å². The number of rotatable bonds is 3. The molecule has 0 aliphatic heterocycles. The number of amides is 1. The zero-order valence-electron chi connectivity index (χ0n) is 7.90. The largest absolute Gasteiger partial charge is 0.395 e. The van der Waals surface area contributed by atoms with Gasteiger partial charge in [0.25, 0.3) is 5.91 Å². The van der Waals surface area contributed by atoms with Crippen LogP contribution in [0.15, 0.2) is 18.3 Å². The molecule has 1 amide bonds. The fourth-order valence-electron chi connectivity index (χ4n) is 1.13. The second-order valence-corrected chi connectivity index (χ2v) is 2.95. The summed E-state index contributed by atoms with van der Waals surface area (Å²) < 4.78 is 1.76. The smallest absolute Gasteiger partial charge is 0.270 e. The van der Waals surface area contributed by atoms with E-state index in [1.165, 1.54) is 4.90 Å². The van der Waals surface area contributed by atoms with E-state index in [0.717, 1.165) is 0 Å². The second kappa shape index (κ2) is 4.09. The number of hydrogen-bond donors (Lipinski definition) is 1. The van der Waals surface area contributed by atoms with E-state index in [1.54, 1.807) is 17.7 Å². The Hall–Kier alpha value is -1.29. The van der Waals surface area contributed by atoms with Crippen LogP contribution in [-0.4, -0.2) is 40.7 Å². The van der Waals surface area contributed by atoms with Crippen LogP contribution in [-0.2, 0) is 7.05 Å². The predicted octanol–water partition coefficient (Wildman–Crippen LogP) is 0.0894. The summed E-state index contributed by atoms with van der Waals surface area (Å²) in [4.78, 5) is 13.1. The van der Waals surface area contributed by atoms with E-state index in [1.807, 2.05) is 19.3 Å². The highest BCUT2D eigenvalue weighted by atomic mass is 16.3. The van der Waals surface area contributed by atoms with Crippen LogP contribution in [0.5, 0.6) is 0 Å². The second-order valence-electron chi connectivity index (χ2n) is 2.95. The van der Waals surface area contributed by atoms with Crippen molar-refractivity contribution in [3.63, 3.8) is 0 Å². The molecule has 0 radical (unpaired) electrons. The standard InChI is InChI=1S/C9H14N2O2/c1-10-5-3-4-8(10)9(13)11(2)6-7-12/h3-5,12H,6-7H2,1-2H3. The first kappa shape index (κ1) is 9.80. The van der Waals surface area contributed by atoms with Crippen LogP contribution in [0.1, 0.15) is 10.5 Å². The van der Waals surface area contributed by atoms with Crippen molar-refractivity contribution in [2.24, 2.45) is 7.05 Å². The number of aryl methyl sites for hydroxylation is 1. The Balaban J connectivity index is 2.73. The van der Waals surface area contributed by atoms with Crippen LogP contribution in [0.25, 0.3) is 0 Å². The molecular formula is C9H14N2O2. The molecule has 0 unspecified atom stereocenters. The Morgan fingerprint density at radius 3 is 2.85 bits per heavy atom. The predicted molar refractivity (Wildman–Crippen MR) is 49.5 cm³/mol. The maximum absolute atomic E-state index is 11.6. The highest BCUT2D eigenvalue weighted by molar-refractivity contribution is 5.92. The van der Waals surface area contributed by atoms with Gasteiger partial charge in [-0.15, -0.1) is 0 Å². The van der Waals surface area contributed by atoms with Crippen molar-refractivity contribution in [3.8, 4) is 0 Å². The zero-order valence-corrected chi connectivity index (χ0v) is 7.90. The highest BCUT2D eigenvalue weighted by Gasteiger charge is 2.12. The van der Waals surface area contributed by atoms with E-state index in [2.05, 4.69) is 0 Å². The van der Waals surface area contributed by atoms with Crippen LogP contribution in [0.3, 0.4) is 0 Å². The number of aromatic nitrogens is 1. The summed E-state index contributed by atoms with van der Waals surface area (Å²) in [6, 6.07) is 3.58. The van der Waals surface area contributed by atoms with E-state index >= 15 is 0 Å². The molecule has 0 bridgehead atoms. The van der Waals surface area contributed by atoms with Crippen molar-refractivity contribution >= 4 is 5.91 Å². The van der Waals surface area contributed by atoms with Gasteiger partial charge in [-0.05, 0) is 12.1 Å². The molecule has 72 valence electrons. The molecule has 0 atom stereocenters. The van der Waals surface area contributed by atoms with Gasteiger partial charge in [0.1, 0.15) is 5.69 Å². The molecular weight excluding hydrogens is 168 g/mol. The van der Waals surface area contributed by atoms with Gasteiger partial charge in [-0.1, -0.05) is 0 Å². The summed E-state index contributed by atoms with van der Waals surface area (Å²) >= 11 is 0. The summed E-state index contributed by atoms with van der Waals surface area (Å²) in [5.74, 6) is -0.0680. The van der Waals surface area contributed by atoms with Crippen LogP contribution >= 0.6 is 0 Å². The lowest BCUT2D eigenvalue weighted by atomic mass is 10.3. The Kier molecular flexibility index (Phi) is 3.08. The van der Waals surface area contributed by atoms with Gasteiger partial charge in [0.15, 0.2) is 0 Å². The minimum atomic E-state index is -0.0680. The van der Waals surface area contributed by atoms with Crippen molar-refractivity contribution in [3.05, 3.63) is 24.0 Å². The van der Waals surface area contributed by atoms with Crippen LogP contribution in [0, 0.1) is 0 Å². The normalized spacial score (nSPS) is 10.1. The molecule has 0 saturated carbocycles. The molecule has 0 fully saturated rings. The topological polar surface area (TPSA) is 45.5 Å². The molecule has 13 heavy (non-hydrogen) atoms. The van der Waals surface area contributed by atoms with Crippen LogP contribution in [0.2, 0.25) is 0 Å². The Morgan fingerprint density at radius 2 is 2.38 bits per heavy atom. The summed E-state index contributed by atoms with van der Waals surface area (Å²) in [5, 5.41) is 8.65. The van der Waals surface area contributed by atoms with Crippen molar-refractivity contribution in [1.29, 1.82) is 0 Å². The first-order valence-electron chi connectivity index (χ1n) is 4.14. The SMILES string of the molecule is CN(CCO)C(=O)c1cccn1C. The summed E-state index contributed by atoms with van der Waals surface area (Å²) in [6.07, 6.45) is 1.82. The van der Waals surface area contributed by atoms with E-state index < -0.39 is 0 Å². The summed E-state index contributed by atoms with van der Waals surface area (Å²) in [5.41, 5.74) is 0.635. The van der Waals surface area contributed by atoms with E-state index in [9.17, 15) is 4.79 Å². The number of aliphatic hydroxyl groups is 1. The maximum atomic E-state index is 11.6. The van der Waals surface area contributed by atoms with Gasteiger partial charge in [-0.25, -0.2) is 0 Å². The first-order valence-corrected chi connectivity index (χ1v) is 4.14. The number of aliphatic hydroxyl groups excluding tert-OH is 1. The Labute approximate surface area is 77.4 Å². The molecule has 4 heteroatoms. The van der Waals surface area contributed by atoms with Gasteiger partial charge < -0.3 is 14.6 Å².